The number of benzene rings is 11. The molecule has 0 spiro atoms. The van der Waals surface area contributed by atoms with Crippen molar-refractivity contribution < 1.29 is 4.42 Å². The van der Waals surface area contributed by atoms with Gasteiger partial charge in [0, 0.05) is 33.1 Å². The summed E-state index contributed by atoms with van der Waals surface area (Å²) in [4.78, 5) is 2.47. The summed E-state index contributed by atoms with van der Waals surface area (Å²) in [5.41, 5.74) is 19.1. The van der Waals surface area contributed by atoms with Crippen molar-refractivity contribution in [1.82, 2.24) is 0 Å². The van der Waals surface area contributed by atoms with E-state index in [1.165, 1.54) is 61.0 Å². The maximum Gasteiger partial charge on any atom is 0.143 e. The van der Waals surface area contributed by atoms with E-state index >= 15 is 0 Å². The fourth-order valence-electron chi connectivity index (χ4n) is 11.0. The third-order valence-corrected chi connectivity index (χ3v) is 14.0. The molecule has 0 atom stereocenters. The molecular weight excluding hydrogens is 811 g/mol. The topological polar surface area (TPSA) is 16.4 Å². The third-order valence-electron chi connectivity index (χ3n) is 14.0. The normalized spacial score (nSPS) is 12.6. The molecule has 67 heavy (non-hydrogen) atoms. The summed E-state index contributed by atoms with van der Waals surface area (Å²) in [5.74, 6) is 0. The van der Waals surface area contributed by atoms with Crippen molar-refractivity contribution in [2.45, 2.75) is 5.41 Å². The molecule has 2 nitrogen and oxygen atoms in total. The van der Waals surface area contributed by atoms with E-state index in [4.69, 9.17) is 4.42 Å². The van der Waals surface area contributed by atoms with Crippen LogP contribution in [-0.2, 0) is 5.41 Å². The summed E-state index contributed by atoms with van der Waals surface area (Å²) in [5, 5.41) is 4.54. The highest BCUT2D eigenvalue weighted by molar-refractivity contribution is 6.19. The fourth-order valence-corrected chi connectivity index (χ4v) is 11.0. The Balaban J connectivity index is 1.02. The van der Waals surface area contributed by atoms with Gasteiger partial charge in [-0.25, -0.2) is 0 Å². The Kier molecular flexibility index (Phi) is 9.11. The van der Waals surface area contributed by atoms with Crippen LogP contribution in [0.3, 0.4) is 0 Å². The zero-order chi connectivity index (χ0) is 44.3. The van der Waals surface area contributed by atoms with Crippen LogP contribution in [0.5, 0.6) is 0 Å². The number of hydrogen-bond acceptors (Lipinski definition) is 2. The van der Waals surface area contributed by atoms with E-state index in [0.29, 0.717) is 0 Å². The van der Waals surface area contributed by atoms with E-state index in [1.54, 1.807) is 0 Å². The van der Waals surface area contributed by atoms with Gasteiger partial charge in [-0.2, -0.15) is 0 Å². The SMILES string of the molecule is c1ccc(-c2ccc(-c3ccc(N(c4cccc(-c5cccc6oc7c8ccccc8ccc7c56)c4)c4cccc5c4-c4ccccc4C5(c4ccccc4)c4ccccc4)cc3)cc2)cc1. The molecule has 12 aromatic rings. The molecule has 1 aliphatic carbocycles. The van der Waals surface area contributed by atoms with Gasteiger partial charge in [0.25, 0.3) is 0 Å². The summed E-state index contributed by atoms with van der Waals surface area (Å²) in [6, 6.07) is 95.0. The second-order valence-electron chi connectivity index (χ2n) is 17.5. The van der Waals surface area contributed by atoms with Crippen molar-refractivity contribution in [3.05, 3.63) is 283 Å². The molecule has 0 fully saturated rings. The molecule has 1 aromatic heterocycles. The Morgan fingerprint density at radius 2 is 0.896 bits per heavy atom. The Morgan fingerprint density at radius 3 is 1.63 bits per heavy atom. The Bertz CT molecular complexity index is 3740. The standard InChI is InChI=1S/C65H43NO/c1-4-17-44(18-5-1)45-33-35-46(36-34-45)47-37-40-52(41-38-47)66(53-25-14-20-49(43-53)54-28-15-32-61-62(54)57-42-39-48-19-10-11-26-55(48)64(57)67-61)60-31-16-30-59-63(60)56-27-12-13-29-58(56)65(59,50-21-6-2-7-22-50)51-23-8-3-9-24-51/h1-43H. The van der Waals surface area contributed by atoms with Gasteiger partial charge in [-0.3, -0.25) is 0 Å². The number of rotatable bonds is 8. The van der Waals surface area contributed by atoms with E-state index < -0.39 is 5.41 Å². The largest absolute Gasteiger partial charge is 0.455 e. The van der Waals surface area contributed by atoms with Crippen LogP contribution in [0.4, 0.5) is 17.1 Å². The molecular formula is C65H43NO. The molecule has 11 aromatic carbocycles. The number of anilines is 3. The van der Waals surface area contributed by atoms with E-state index in [1.807, 2.05) is 0 Å². The average Bonchev–Trinajstić information content (AvgIpc) is 3.95. The van der Waals surface area contributed by atoms with E-state index in [0.717, 1.165) is 55.5 Å². The lowest BCUT2D eigenvalue weighted by Crippen LogP contribution is -2.28. The lowest BCUT2D eigenvalue weighted by Gasteiger charge is -2.34. The van der Waals surface area contributed by atoms with Crippen molar-refractivity contribution in [3.63, 3.8) is 0 Å². The van der Waals surface area contributed by atoms with Crippen molar-refractivity contribution in [3.8, 4) is 44.5 Å². The lowest BCUT2D eigenvalue weighted by molar-refractivity contribution is 0.673. The molecule has 314 valence electrons. The first-order valence-corrected chi connectivity index (χ1v) is 23.1. The van der Waals surface area contributed by atoms with Gasteiger partial charge in [0.15, 0.2) is 0 Å². The second kappa shape index (κ2) is 15.8. The van der Waals surface area contributed by atoms with Gasteiger partial charge in [-0.1, -0.05) is 218 Å². The van der Waals surface area contributed by atoms with Gasteiger partial charge < -0.3 is 9.32 Å². The summed E-state index contributed by atoms with van der Waals surface area (Å²) in [7, 11) is 0. The van der Waals surface area contributed by atoms with Crippen LogP contribution >= 0.6 is 0 Å². The molecule has 1 heterocycles. The molecule has 2 heteroatoms. The van der Waals surface area contributed by atoms with Gasteiger partial charge in [0.05, 0.1) is 11.1 Å². The maximum atomic E-state index is 6.69. The van der Waals surface area contributed by atoms with Crippen LogP contribution in [0.25, 0.3) is 77.2 Å². The van der Waals surface area contributed by atoms with Gasteiger partial charge in [-0.15, -0.1) is 0 Å². The lowest BCUT2D eigenvalue weighted by atomic mass is 9.68. The highest BCUT2D eigenvalue weighted by Crippen LogP contribution is 2.59. The quantitative estimate of drug-likeness (QED) is 0.151. The smallest absolute Gasteiger partial charge is 0.143 e. The number of fused-ring (bicyclic) bond motifs is 8. The van der Waals surface area contributed by atoms with E-state index in [9.17, 15) is 0 Å². The van der Waals surface area contributed by atoms with Crippen LogP contribution in [0.2, 0.25) is 0 Å². The fraction of sp³-hybridized carbons (Fsp3) is 0.0154. The summed E-state index contributed by atoms with van der Waals surface area (Å²) < 4.78 is 6.69. The van der Waals surface area contributed by atoms with Gasteiger partial charge in [0.2, 0.25) is 0 Å². The number of furan rings is 1. The molecule has 0 aliphatic heterocycles. The minimum absolute atomic E-state index is 0.532. The van der Waals surface area contributed by atoms with Gasteiger partial charge in [-0.05, 0) is 109 Å². The number of hydrogen-bond donors (Lipinski definition) is 0. The summed E-state index contributed by atoms with van der Waals surface area (Å²) >= 11 is 0. The minimum atomic E-state index is -0.532. The second-order valence-corrected chi connectivity index (χ2v) is 17.5. The Hall–Kier alpha value is -8.72. The van der Waals surface area contributed by atoms with Crippen LogP contribution < -0.4 is 4.90 Å². The first-order chi connectivity index (χ1) is 33.2. The zero-order valence-corrected chi connectivity index (χ0v) is 36.7. The van der Waals surface area contributed by atoms with Crippen molar-refractivity contribution in [1.29, 1.82) is 0 Å². The van der Waals surface area contributed by atoms with Crippen molar-refractivity contribution in [2.24, 2.45) is 0 Å². The molecule has 0 amide bonds. The molecule has 0 saturated carbocycles. The first-order valence-electron chi connectivity index (χ1n) is 23.1. The van der Waals surface area contributed by atoms with Crippen LogP contribution in [0, 0.1) is 0 Å². The third kappa shape index (κ3) is 6.18. The van der Waals surface area contributed by atoms with E-state index in [-0.39, 0.29) is 0 Å². The predicted octanol–water partition coefficient (Wildman–Crippen LogP) is 17.6. The van der Waals surface area contributed by atoms with Crippen molar-refractivity contribution in [2.75, 3.05) is 4.90 Å². The van der Waals surface area contributed by atoms with Gasteiger partial charge in [0.1, 0.15) is 11.2 Å². The zero-order valence-electron chi connectivity index (χ0n) is 36.7. The van der Waals surface area contributed by atoms with Crippen LogP contribution in [0.1, 0.15) is 22.3 Å². The monoisotopic (exact) mass is 853 g/mol. The molecule has 0 N–H and O–H groups in total. The maximum absolute atomic E-state index is 6.69. The molecule has 1 aliphatic rings. The minimum Gasteiger partial charge on any atom is -0.455 e. The molecule has 0 bridgehead atoms. The number of nitrogens with zero attached hydrogens (tertiary/aromatic N) is 1. The molecule has 0 saturated heterocycles. The predicted molar refractivity (Wildman–Crippen MR) is 280 cm³/mol. The highest BCUT2D eigenvalue weighted by atomic mass is 16.3. The Morgan fingerprint density at radius 1 is 0.343 bits per heavy atom. The highest BCUT2D eigenvalue weighted by Gasteiger charge is 2.47. The summed E-state index contributed by atoms with van der Waals surface area (Å²) in [6.07, 6.45) is 0. The van der Waals surface area contributed by atoms with Crippen molar-refractivity contribution >= 4 is 49.8 Å². The summed E-state index contributed by atoms with van der Waals surface area (Å²) in [6.45, 7) is 0. The van der Waals surface area contributed by atoms with Crippen LogP contribution in [0.15, 0.2) is 265 Å². The van der Waals surface area contributed by atoms with Crippen LogP contribution in [-0.4, -0.2) is 0 Å². The molecule has 0 radical (unpaired) electrons. The first kappa shape index (κ1) is 38.7. The average molecular weight is 854 g/mol. The molecule has 0 unspecified atom stereocenters. The van der Waals surface area contributed by atoms with Gasteiger partial charge >= 0.3 is 0 Å². The Labute approximate surface area is 390 Å². The molecule has 13 rings (SSSR count). The van der Waals surface area contributed by atoms with E-state index in [2.05, 4.69) is 266 Å².